The molecule has 2 aromatic carbocycles. The molecule has 0 aliphatic heterocycles. The Kier molecular flexibility index (Phi) is 7.87. The van der Waals surface area contributed by atoms with E-state index in [9.17, 15) is 61.9 Å². The number of anilines is 1. The van der Waals surface area contributed by atoms with Crippen LogP contribution in [0.25, 0.3) is 0 Å². The lowest BCUT2D eigenvalue weighted by Crippen LogP contribution is -2.61. The number of carbonyl (C=O) groups excluding carboxylic acids is 1. The van der Waals surface area contributed by atoms with Crippen LogP contribution in [0.3, 0.4) is 0 Å². The van der Waals surface area contributed by atoms with Gasteiger partial charge >= 0.3 is 36.5 Å². The van der Waals surface area contributed by atoms with Crippen molar-refractivity contribution in [3.8, 4) is 0 Å². The summed E-state index contributed by atoms with van der Waals surface area (Å²) in [6.45, 7) is 1.48. The van der Waals surface area contributed by atoms with Gasteiger partial charge in [0.15, 0.2) is 0 Å². The van der Waals surface area contributed by atoms with Crippen LogP contribution in [0.2, 0.25) is 0 Å². The number of halogens is 13. The quantitative estimate of drug-likeness (QED) is 0.327. The van der Waals surface area contributed by atoms with E-state index in [0.29, 0.717) is 11.6 Å². The molecule has 0 bridgehead atoms. The zero-order valence-corrected chi connectivity index (χ0v) is 17.8. The highest BCUT2D eigenvalue weighted by Gasteiger charge is 2.80. The molecule has 206 valence electrons. The van der Waals surface area contributed by atoms with Gasteiger partial charge in [-0.25, -0.2) is 9.47 Å². The van der Waals surface area contributed by atoms with Gasteiger partial charge in [0.25, 0.3) is 5.91 Å². The highest BCUT2D eigenvalue weighted by molar-refractivity contribution is 6.05. The largest absolute Gasteiger partial charge is 0.527 e. The van der Waals surface area contributed by atoms with Gasteiger partial charge in [0.1, 0.15) is 0 Å². The first kappa shape index (κ1) is 30.1. The van der Waals surface area contributed by atoms with Crippen molar-refractivity contribution in [2.75, 3.05) is 5.32 Å². The van der Waals surface area contributed by atoms with Crippen LogP contribution < -0.4 is 5.32 Å². The van der Waals surface area contributed by atoms with E-state index in [-0.39, 0.29) is 17.7 Å². The van der Waals surface area contributed by atoms with Gasteiger partial charge in [0.2, 0.25) is 0 Å². The molecular weight excluding hydrogens is 549 g/mol. The normalized spacial score (nSPS) is 14.0. The van der Waals surface area contributed by atoms with E-state index in [1.54, 1.807) is 10.8 Å². The summed E-state index contributed by atoms with van der Waals surface area (Å²) < 4.78 is 176. The number of hydrogen-bond acceptors (Lipinski definition) is 3. The highest BCUT2D eigenvalue weighted by atomic mass is 19.4. The number of hydrogen-bond donors (Lipinski definition) is 1. The van der Waals surface area contributed by atoms with Gasteiger partial charge in [-0.15, -0.1) is 13.2 Å². The first-order valence-corrected chi connectivity index (χ1v) is 9.38. The smallest absolute Gasteiger partial charge is 0.322 e. The maximum atomic E-state index is 14.4. The van der Waals surface area contributed by atoms with Crippen molar-refractivity contribution in [1.82, 2.24) is 0 Å². The average Bonchev–Trinajstić information content (AvgIpc) is 2.71. The van der Waals surface area contributed by atoms with Gasteiger partial charge in [-0.05, 0) is 30.7 Å². The van der Waals surface area contributed by atoms with Crippen molar-refractivity contribution >= 4 is 11.6 Å². The number of nitrogens with one attached hydrogen (secondary N) is 1. The van der Waals surface area contributed by atoms with Crippen LogP contribution in [0, 0.1) is 6.92 Å². The number of carbonyl (C=O) groups is 1. The number of rotatable bonds is 9. The zero-order valence-electron chi connectivity index (χ0n) is 17.8. The SMILES string of the molecule is Cc1ccccc1C(=O)Nc1cccc(C(F)(F)C(F)(F)OC(F)(F)C(F)(F)C(F)(F)OC(F)(F)F)c1. The third-order valence-electron chi connectivity index (χ3n) is 4.47. The Balaban J connectivity index is 2.34. The summed E-state index contributed by atoms with van der Waals surface area (Å²) in [5.74, 6) is -14.4. The maximum absolute atomic E-state index is 14.4. The Morgan fingerprint density at radius 3 is 1.78 bits per heavy atom. The van der Waals surface area contributed by atoms with Crippen LogP contribution in [-0.2, 0) is 15.4 Å². The van der Waals surface area contributed by atoms with Gasteiger partial charge in [0.05, 0.1) is 0 Å². The lowest BCUT2D eigenvalue weighted by Gasteiger charge is -2.35. The van der Waals surface area contributed by atoms with E-state index in [4.69, 9.17) is 0 Å². The third kappa shape index (κ3) is 6.26. The summed E-state index contributed by atoms with van der Waals surface area (Å²) in [7, 11) is 0. The maximum Gasteiger partial charge on any atom is 0.527 e. The topological polar surface area (TPSA) is 47.6 Å². The second-order valence-electron chi connectivity index (χ2n) is 7.20. The molecule has 0 saturated carbocycles. The Labute approximate surface area is 197 Å². The lowest BCUT2D eigenvalue weighted by atomic mass is 10.1. The van der Waals surface area contributed by atoms with Crippen LogP contribution in [0.15, 0.2) is 48.5 Å². The third-order valence-corrected chi connectivity index (χ3v) is 4.47. The van der Waals surface area contributed by atoms with Crippen molar-refractivity contribution in [2.24, 2.45) is 0 Å². The predicted octanol–water partition coefficient (Wildman–Crippen LogP) is 7.31. The molecule has 1 N–H and O–H groups in total. The van der Waals surface area contributed by atoms with E-state index in [2.05, 4.69) is 0 Å². The number of amides is 1. The van der Waals surface area contributed by atoms with E-state index in [1.807, 2.05) is 10.1 Å². The van der Waals surface area contributed by atoms with Gasteiger partial charge in [-0.1, -0.05) is 30.3 Å². The number of benzene rings is 2. The molecule has 2 aromatic rings. The van der Waals surface area contributed by atoms with Crippen LogP contribution in [0.1, 0.15) is 21.5 Å². The minimum atomic E-state index is -7.52. The minimum Gasteiger partial charge on any atom is -0.322 e. The minimum absolute atomic E-state index is 0.0113. The fourth-order valence-corrected chi connectivity index (χ4v) is 2.65. The van der Waals surface area contributed by atoms with Gasteiger partial charge in [-0.2, -0.15) is 43.9 Å². The van der Waals surface area contributed by atoms with Crippen LogP contribution in [-0.4, -0.2) is 36.5 Å². The molecule has 0 radical (unpaired) electrons. The summed E-state index contributed by atoms with van der Waals surface area (Å²) in [4.78, 5) is 12.3. The number of alkyl halides is 13. The first-order chi connectivity index (χ1) is 16.5. The van der Waals surface area contributed by atoms with E-state index >= 15 is 0 Å². The standard InChI is InChI=1S/C20H12F13NO3/c1-10-5-2-3-8-13(10)14(35)34-12-7-4-6-11(9-12)15(21,22)17(25,26)36-18(27,28)16(23,24)19(29,30)37-20(31,32)33/h2-9H,1H3,(H,34,35). The van der Waals surface area contributed by atoms with Crippen LogP contribution in [0.5, 0.6) is 0 Å². The molecule has 0 unspecified atom stereocenters. The van der Waals surface area contributed by atoms with E-state index in [0.717, 1.165) is 6.07 Å². The van der Waals surface area contributed by atoms with Crippen LogP contribution in [0.4, 0.5) is 62.8 Å². The Morgan fingerprint density at radius 2 is 1.24 bits per heavy atom. The zero-order chi connectivity index (χ0) is 28.7. The summed E-state index contributed by atoms with van der Waals surface area (Å²) in [6.07, 6.45) is -27.9. The molecule has 4 nitrogen and oxygen atoms in total. The fraction of sp³-hybridized carbons (Fsp3) is 0.350. The molecule has 0 saturated heterocycles. The second-order valence-corrected chi connectivity index (χ2v) is 7.20. The Bertz CT molecular complexity index is 1130. The lowest BCUT2D eigenvalue weighted by molar-refractivity contribution is -0.535. The summed E-state index contributed by atoms with van der Waals surface area (Å²) >= 11 is 0. The van der Waals surface area contributed by atoms with Gasteiger partial charge in [0, 0.05) is 16.8 Å². The first-order valence-electron chi connectivity index (χ1n) is 9.38. The van der Waals surface area contributed by atoms with Crippen molar-refractivity contribution < 1.29 is 71.3 Å². The van der Waals surface area contributed by atoms with Crippen molar-refractivity contribution in [3.05, 3.63) is 65.2 Å². The van der Waals surface area contributed by atoms with Gasteiger partial charge in [-0.3, -0.25) is 4.79 Å². The molecule has 1 amide bonds. The van der Waals surface area contributed by atoms with E-state index < -0.39 is 53.7 Å². The summed E-state index contributed by atoms with van der Waals surface area (Å²) in [5.41, 5.74) is -2.14. The molecule has 0 spiro atoms. The highest BCUT2D eigenvalue weighted by Crippen LogP contribution is 2.54. The van der Waals surface area contributed by atoms with E-state index in [1.165, 1.54) is 25.1 Å². The molecule has 0 heterocycles. The van der Waals surface area contributed by atoms with Crippen molar-refractivity contribution in [3.63, 3.8) is 0 Å². The van der Waals surface area contributed by atoms with Gasteiger partial charge < -0.3 is 5.32 Å². The van der Waals surface area contributed by atoms with Crippen LogP contribution >= 0.6 is 0 Å². The molecule has 0 aliphatic carbocycles. The van der Waals surface area contributed by atoms with Crippen molar-refractivity contribution in [1.29, 1.82) is 0 Å². The molecule has 0 atom stereocenters. The molecule has 0 aromatic heterocycles. The second kappa shape index (κ2) is 9.66. The fourth-order valence-electron chi connectivity index (χ4n) is 2.65. The molecular formula is C20H12F13NO3. The molecule has 2 rings (SSSR count). The summed E-state index contributed by atoms with van der Waals surface area (Å²) in [5, 5.41) is 2.03. The molecule has 0 aliphatic rings. The molecule has 37 heavy (non-hydrogen) atoms. The Hall–Kier alpha value is -3.08. The molecule has 17 heteroatoms. The predicted molar refractivity (Wildman–Crippen MR) is 97.5 cm³/mol. The van der Waals surface area contributed by atoms with Crippen molar-refractivity contribution in [2.45, 2.75) is 43.5 Å². The average molecular weight is 561 g/mol. The molecule has 0 fully saturated rings. The Morgan fingerprint density at radius 1 is 0.703 bits per heavy atom. The summed E-state index contributed by atoms with van der Waals surface area (Å²) in [6, 6.07) is 7.48. The number of aryl methyl sites for hydroxylation is 1. The number of ether oxygens (including phenoxy) is 2. The monoisotopic (exact) mass is 561 g/mol.